The molecule has 0 spiro atoms. The first kappa shape index (κ1) is 20.9. The molecule has 4 N–H and O–H groups in total. The molecule has 30 heavy (non-hydrogen) atoms. The lowest BCUT2D eigenvalue weighted by Gasteiger charge is -2.40. The molecular formula is C22H27NO7. The Labute approximate surface area is 174 Å². The van der Waals surface area contributed by atoms with E-state index in [-0.39, 0.29) is 0 Å². The minimum Gasteiger partial charge on any atom is -0.497 e. The van der Waals surface area contributed by atoms with Gasteiger partial charge >= 0.3 is 0 Å². The molecule has 0 aromatic heterocycles. The van der Waals surface area contributed by atoms with Crippen LogP contribution in [0.3, 0.4) is 0 Å². The molecule has 0 saturated carbocycles. The number of hydrogen-bond acceptors (Lipinski definition) is 8. The van der Waals surface area contributed by atoms with Crippen LogP contribution in [0.2, 0.25) is 0 Å². The van der Waals surface area contributed by atoms with E-state index in [0.29, 0.717) is 25.3 Å². The predicted octanol–water partition coefficient (Wildman–Crippen LogP) is 0.609. The summed E-state index contributed by atoms with van der Waals surface area (Å²) in [5, 5.41) is 40.1. The summed E-state index contributed by atoms with van der Waals surface area (Å²) in [6.45, 7) is 1.42. The predicted molar refractivity (Wildman–Crippen MR) is 109 cm³/mol. The second kappa shape index (κ2) is 8.79. The second-order valence-electron chi connectivity index (χ2n) is 7.60. The van der Waals surface area contributed by atoms with Crippen molar-refractivity contribution in [1.29, 1.82) is 0 Å². The van der Waals surface area contributed by atoms with Crippen LogP contribution in [0.4, 0.5) is 5.69 Å². The molecular weight excluding hydrogens is 390 g/mol. The van der Waals surface area contributed by atoms with E-state index >= 15 is 0 Å². The average Bonchev–Trinajstić information content (AvgIpc) is 2.78. The third kappa shape index (κ3) is 3.97. The molecule has 0 unspecified atom stereocenters. The third-order valence-corrected chi connectivity index (χ3v) is 5.67. The van der Waals surface area contributed by atoms with Crippen molar-refractivity contribution >= 4 is 5.69 Å². The fourth-order valence-corrected chi connectivity index (χ4v) is 4.00. The highest BCUT2D eigenvalue weighted by atomic mass is 16.5. The lowest BCUT2D eigenvalue weighted by atomic mass is 9.91. The van der Waals surface area contributed by atoms with E-state index in [1.807, 2.05) is 36.4 Å². The Morgan fingerprint density at radius 2 is 1.90 bits per heavy atom. The first-order valence-corrected chi connectivity index (χ1v) is 9.97. The van der Waals surface area contributed by atoms with Crippen molar-refractivity contribution in [3.8, 4) is 11.5 Å². The van der Waals surface area contributed by atoms with Crippen LogP contribution in [0.15, 0.2) is 42.5 Å². The molecule has 4 rings (SSSR count). The highest BCUT2D eigenvalue weighted by Crippen LogP contribution is 2.39. The van der Waals surface area contributed by atoms with Crippen molar-refractivity contribution in [2.24, 2.45) is 0 Å². The first-order chi connectivity index (χ1) is 14.5. The van der Waals surface area contributed by atoms with Crippen LogP contribution in [-0.2, 0) is 11.3 Å². The van der Waals surface area contributed by atoms with Crippen molar-refractivity contribution in [2.75, 3.05) is 31.8 Å². The Bertz CT molecular complexity index is 874. The summed E-state index contributed by atoms with van der Waals surface area (Å²) in [5.41, 5.74) is 2.56. The van der Waals surface area contributed by atoms with Gasteiger partial charge < -0.3 is 39.5 Å². The SMILES string of the molecule is COc1cccc(CN2CCOc3ccc([C@@H]4O[C@H](CO)[C@@H](O)[C@H](O)[C@H]4O)cc32)c1. The number of anilines is 1. The van der Waals surface area contributed by atoms with Crippen LogP contribution in [-0.4, -0.2) is 71.7 Å². The summed E-state index contributed by atoms with van der Waals surface area (Å²) in [6, 6.07) is 13.3. The van der Waals surface area contributed by atoms with E-state index in [9.17, 15) is 20.4 Å². The van der Waals surface area contributed by atoms with Crippen LogP contribution in [0, 0.1) is 0 Å². The van der Waals surface area contributed by atoms with E-state index in [4.69, 9.17) is 14.2 Å². The van der Waals surface area contributed by atoms with Crippen molar-refractivity contribution < 1.29 is 34.6 Å². The summed E-state index contributed by atoms with van der Waals surface area (Å²) in [5.74, 6) is 1.51. The minimum absolute atomic E-state index is 0.461. The Hall–Kier alpha value is -2.36. The zero-order valence-corrected chi connectivity index (χ0v) is 16.7. The maximum absolute atomic E-state index is 10.5. The van der Waals surface area contributed by atoms with Gasteiger partial charge in [0, 0.05) is 6.54 Å². The third-order valence-electron chi connectivity index (χ3n) is 5.67. The van der Waals surface area contributed by atoms with Crippen LogP contribution < -0.4 is 14.4 Å². The molecule has 1 saturated heterocycles. The van der Waals surface area contributed by atoms with Gasteiger partial charge in [0.25, 0.3) is 0 Å². The standard InChI is InChI=1S/C22H27NO7/c1-28-15-4-2-3-13(9-15)11-23-7-8-29-17-6-5-14(10-16(17)23)22-21(27)20(26)19(25)18(12-24)30-22/h2-6,9-10,18-22,24-27H,7-8,11-12H2,1H3/t18-,19-,20+,21-,22+/m1/s1. The summed E-state index contributed by atoms with van der Waals surface area (Å²) in [4.78, 5) is 2.17. The van der Waals surface area contributed by atoms with Gasteiger partial charge in [-0.25, -0.2) is 0 Å². The van der Waals surface area contributed by atoms with Gasteiger partial charge in [0.05, 0.1) is 25.9 Å². The first-order valence-electron chi connectivity index (χ1n) is 9.97. The number of methoxy groups -OCH3 is 1. The number of hydrogen-bond donors (Lipinski definition) is 4. The van der Waals surface area contributed by atoms with Crippen LogP contribution in [0.1, 0.15) is 17.2 Å². The molecule has 0 bridgehead atoms. The van der Waals surface area contributed by atoms with Crippen LogP contribution in [0.25, 0.3) is 0 Å². The minimum atomic E-state index is -1.42. The number of ether oxygens (including phenoxy) is 3. The van der Waals surface area contributed by atoms with Gasteiger partial charge in [-0.15, -0.1) is 0 Å². The summed E-state index contributed by atoms with van der Waals surface area (Å²) in [7, 11) is 1.63. The Morgan fingerprint density at radius 1 is 1.07 bits per heavy atom. The number of nitrogens with zero attached hydrogens (tertiary/aromatic N) is 1. The monoisotopic (exact) mass is 417 g/mol. The summed E-state index contributed by atoms with van der Waals surface area (Å²) >= 11 is 0. The quantitative estimate of drug-likeness (QED) is 0.560. The number of aliphatic hydroxyl groups excluding tert-OH is 4. The Morgan fingerprint density at radius 3 is 2.67 bits per heavy atom. The fourth-order valence-electron chi connectivity index (χ4n) is 4.00. The highest BCUT2D eigenvalue weighted by Gasteiger charge is 2.44. The molecule has 8 heteroatoms. The van der Waals surface area contributed by atoms with E-state index in [2.05, 4.69) is 4.90 Å². The second-order valence-corrected chi connectivity index (χ2v) is 7.60. The van der Waals surface area contributed by atoms with Gasteiger partial charge in [-0.1, -0.05) is 18.2 Å². The summed E-state index contributed by atoms with van der Waals surface area (Å²) in [6.07, 6.45) is -5.95. The molecule has 2 aliphatic rings. The molecule has 1 fully saturated rings. The molecule has 162 valence electrons. The normalized spacial score (nSPS) is 28.6. The Balaban J connectivity index is 1.62. The largest absolute Gasteiger partial charge is 0.497 e. The van der Waals surface area contributed by atoms with E-state index < -0.39 is 37.1 Å². The maximum atomic E-state index is 10.5. The van der Waals surface area contributed by atoms with Crippen molar-refractivity contribution in [3.05, 3.63) is 53.6 Å². The van der Waals surface area contributed by atoms with Crippen molar-refractivity contribution in [1.82, 2.24) is 0 Å². The van der Waals surface area contributed by atoms with Gasteiger partial charge in [-0.2, -0.15) is 0 Å². The Kier molecular flexibility index (Phi) is 6.12. The molecule has 0 radical (unpaired) electrons. The molecule has 2 heterocycles. The number of rotatable bonds is 5. The van der Waals surface area contributed by atoms with E-state index in [0.717, 1.165) is 22.7 Å². The highest BCUT2D eigenvalue weighted by molar-refractivity contribution is 5.62. The van der Waals surface area contributed by atoms with Crippen molar-refractivity contribution in [3.63, 3.8) is 0 Å². The number of aliphatic hydroxyl groups is 4. The summed E-state index contributed by atoms with van der Waals surface area (Å²) < 4.78 is 16.8. The number of benzene rings is 2. The molecule has 2 aromatic carbocycles. The number of fused-ring (bicyclic) bond motifs is 1. The topological polar surface area (TPSA) is 112 Å². The van der Waals surface area contributed by atoms with Gasteiger partial charge in [-0.05, 0) is 35.4 Å². The molecule has 0 amide bonds. The lowest BCUT2D eigenvalue weighted by molar-refractivity contribution is -0.231. The van der Waals surface area contributed by atoms with Gasteiger partial charge in [0.1, 0.15) is 48.6 Å². The fraction of sp³-hybridized carbons (Fsp3) is 0.455. The molecule has 8 nitrogen and oxygen atoms in total. The zero-order chi connectivity index (χ0) is 21.3. The molecule has 0 aliphatic carbocycles. The zero-order valence-electron chi connectivity index (χ0n) is 16.7. The van der Waals surface area contributed by atoms with Crippen LogP contribution >= 0.6 is 0 Å². The van der Waals surface area contributed by atoms with Crippen molar-refractivity contribution in [2.45, 2.75) is 37.1 Å². The molecule has 5 atom stereocenters. The van der Waals surface area contributed by atoms with Crippen LogP contribution in [0.5, 0.6) is 11.5 Å². The van der Waals surface area contributed by atoms with Gasteiger partial charge in [0.2, 0.25) is 0 Å². The lowest BCUT2D eigenvalue weighted by Crippen LogP contribution is -2.55. The van der Waals surface area contributed by atoms with Gasteiger partial charge in [-0.3, -0.25) is 0 Å². The van der Waals surface area contributed by atoms with Gasteiger partial charge in [0.15, 0.2) is 0 Å². The average molecular weight is 417 g/mol. The molecule has 2 aliphatic heterocycles. The maximum Gasteiger partial charge on any atom is 0.142 e. The van der Waals surface area contributed by atoms with E-state index in [1.54, 1.807) is 13.2 Å². The van der Waals surface area contributed by atoms with E-state index in [1.165, 1.54) is 0 Å². The molecule has 2 aromatic rings. The smallest absolute Gasteiger partial charge is 0.142 e.